The van der Waals surface area contributed by atoms with Crippen molar-refractivity contribution in [3.63, 3.8) is 0 Å². The quantitative estimate of drug-likeness (QED) is 0.358. The lowest BCUT2D eigenvalue weighted by molar-refractivity contribution is 0.101. The van der Waals surface area contributed by atoms with Gasteiger partial charge in [-0.15, -0.1) is 0 Å². The predicted molar refractivity (Wildman–Crippen MR) is 121 cm³/mol. The molecule has 0 atom stereocenters. The third-order valence-corrected chi connectivity index (χ3v) is 6.01. The number of aryl methyl sites for hydroxylation is 1. The van der Waals surface area contributed by atoms with Gasteiger partial charge in [-0.2, -0.15) is 0 Å². The highest BCUT2D eigenvalue weighted by Crippen LogP contribution is 2.39. The van der Waals surface area contributed by atoms with Crippen LogP contribution in [0.3, 0.4) is 0 Å². The molecule has 0 radical (unpaired) electrons. The van der Waals surface area contributed by atoms with Crippen LogP contribution in [0.25, 0.3) is 6.08 Å². The minimum Gasteiger partial charge on any atom is -0.489 e. The lowest BCUT2D eigenvalue weighted by Crippen LogP contribution is -2.00. The van der Waals surface area contributed by atoms with Gasteiger partial charge in [-0.3, -0.25) is 4.79 Å². The van der Waals surface area contributed by atoms with E-state index >= 15 is 0 Å². The average molecular weight is 480 g/mol. The number of hydrogen-bond donors (Lipinski definition) is 0. The molecule has 1 aliphatic heterocycles. The first-order valence-corrected chi connectivity index (χ1v) is 10.4. The molecule has 0 aliphatic carbocycles. The molecule has 1 aliphatic rings. The van der Waals surface area contributed by atoms with Crippen LogP contribution in [0, 0.1) is 6.92 Å². The fourth-order valence-corrected chi connectivity index (χ4v) is 3.96. The van der Waals surface area contributed by atoms with Crippen molar-refractivity contribution in [3.8, 4) is 11.5 Å². The molecule has 0 N–H and O–H groups in total. The number of ether oxygens (including phenoxy) is 2. The minimum atomic E-state index is -0.227. The Hall–Kier alpha value is -2.17. The summed E-state index contributed by atoms with van der Waals surface area (Å²) in [5, 5.41) is 1.82. The summed E-state index contributed by atoms with van der Waals surface area (Å²) in [6.45, 7) is 2.12. The summed E-state index contributed by atoms with van der Waals surface area (Å²) in [4.78, 5) is 12.9. The molecular weight excluding hydrogens is 466 g/mol. The molecule has 0 unspecified atom stereocenters. The van der Waals surface area contributed by atoms with Crippen molar-refractivity contribution in [3.05, 3.63) is 96.6 Å². The van der Waals surface area contributed by atoms with E-state index in [0.717, 1.165) is 11.1 Å². The summed E-state index contributed by atoms with van der Waals surface area (Å²) in [6.07, 6.45) is 1.56. The molecule has 0 aromatic heterocycles. The maximum Gasteiger partial charge on any atom is 0.232 e. The number of ketones is 1. The standard InChI is InChI=1S/C23H14Cl4O3/c1-12-7-14(29-11-13-5-6-18(26)19(27)8-13)9-20-22(12)23(28)21(30-20)10-15-16(24)3-2-4-17(15)25/h2-10H,11H2,1H3/b21-10-. The third kappa shape index (κ3) is 4.17. The Kier molecular flexibility index (Phi) is 5.99. The summed E-state index contributed by atoms with van der Waals surface area (Å²) in [5.74, 6) is 0.931. The van der Waals surface area contributed by atoms with Crippen LogP contribution in [0.2, 0.25) is 20.1 Å². The molecule has 1 heterocycles. The van der Waals surface area contributed by atoms with Crippen molar-refractivity contribution < 1.29 is 14.3 Å². The molecule has 0 spiro atoms. The Morgan fingerprint density at radius 3 is 2.37 bits per heavy atom. The van der Waals surface area contributed by atoms with Crippen LogP contribution in [0.5, 0.6) is 11.5 Å². The van der Waals surface area contributed by atoms with Gasteiger partial charge in [0.25, 0.3) is 0 Å². The van der Waals surface area contributed by atoms with Crippen LogP contribution in [-0.2, 0) is 6.61 Å². The van der Waals surface area contributed by atoms with Crippen LogP contribution in [0.1, 0.15) is 27.0 Å². The number of rotatable bonds is 4. The average Bonchev–Trinajstić information content (AvgIpc) is 3.01. The SMILES string of the molecule is Cc1cc(OCc2ccc(Cl)c(Cl)c2)cc2c1C(=O)/C(=C/c1c(Cl)cccc1Cl)O2. The third-order valence-electron chi connectivity index (χ3n) is 4.61. The number of benzene rings is 3. The van der Waals surface area contributed by atoms with E-state index < -0.39 is 0 Å². The van der Waals surface area contributed by atoms with Gasteiger partial charge in [0, 0.05) is 21.7 Å². The highest BCUT2D eigenvalue weighted by atomic mass is 35.5. The molecule has 0 fully saturated rings. The molecular formula is C23H14Cl4O3. The maximum atomic E-state index is 12.9. The maximum absolute atomic E-state index is 12.9. The fraction of sp³-hybridized carbons (Fsp3) is 0.0870. The second-order valence-corrected chi connectivity index (χ2v) is 8.35. The zero-order chi connectivity index (χ0) is 21.4. The van der Waals surface area contributed by atoms with Crippen LogP contribution in [0.4, 0.5) is 0 Å². The van der Waals surface area contributed by atoms with Gasteiger partial charge in [0.1, 0.15) is 18.1 Å². The first-order valence-electron chi connectivity index (χ1n) is 8.93. The zero-order valence-electron chi connectivity index (χ0n) is 15.6. The highest BCUT2D eigenvalue weighted by Gasteiger charge is 2.30. The topological polar surface area (TPSA) is 35.5 Å². The largest absolute Gasteiger partial charge is 0.489 e. The van der Waals surface area contributed by atoms with Gasteiger partial charge in [0.05, 0.1) is 15.6 Å². The van der Waals surface area contributed by atoms with E-state index in [1.807, 2.05) is 13.0 Å². The number of hydrogen-bond acceptors (Lipinski definition) is 3. The van der Waals surface area contributed by atoms with Crippen molar-refractivity contribution in [2.75, 3.05) is 0 Å². The van der Waals surface area contributed by atoms with Crippen molar-refractivity contribution in [2.24, 2.45) is 0 Å². The number of allylic oxidation sites excluding steroid dienone is 1. The molecule has 30 heavy (non-hydrogen) atoms. The number of Topliss-reactive ketones (excluding diaryl/α,β-unsaturated/α-hetero) is 1. The van der Waals surface area contributed by atoms with Crippen molar-refractivity contribution in [1.82, 2.24) is 0 Å². The van der Waals surface area contributed by atoms with E-state index in [1.54, 1.807) is 48.5 Å². The Morgan fingerprint density at radius 1 is 0.933 bits per heavy atom. The monoisotopic (exact) mass is 478 g/mol. The molecule has 0 amide bonds. The summed E-state index contributed by atoms with van der Waals surface area (Å²) in [6, 6.07) is 13.9. The van der Waals surface area contributed by atoms with Gasteiger partial charge in [-0.1, -0.05) is 58.5 Å². The second kappa shape index (κ2) is 8.52. The Balaban J connectivity index is 1.59. The summed E-state index contributed by atoms with van der Waals surface area (Å²) >= 11 is 24.4. The summed E-state index contributed by atoms with van der Waals surface area (Å²) < 4.78 is 11.7. The smallest absolute Gasteiger partial charge is 0.232 e. The van der Waals surface area contributed by atoms with E-state index in [0.29, 0.717) is 49.3 Å². The number of fused-ring (bicyclic) bond motifs is 1. The first-order chi connectivity index (χ1) is 14.3. The predicted octanol–water partition coefficient (Wildman–Crippen LogP) is 7.80. The van der Waals surface area contributed by atoms with Crippen molar-refractivity contribution in [2.45, 2.75) is 13.5 Å². The normalized spacial score (nSPS) is 14.0. The van der Waals surface area contributed by atoms with E-state index in [1.165, 1.54) is 0 Å². The van der Waals surface area contributed by atoms with Crippen molar-refractivity contribution >= 4 is 58.3 Å². The Morgan fingerprint density at radius 2 is 1.67 bits per heavy atom. The van der Waals surface area contributed by atoms with E-state index in [-0.39, 0.29) is 11.5 Å². The lowest BCUT2D eigenvalue weighted by Gasteiger charge is -2.10. The molecule has 3 nitrogen and oxygen atoms in total. The van der Waals surface area contributed by atoms with Gasteiger partial charge in [-0.05, 0) is 54.5 Å². The van der Waals surface area contributed by atoms with Crippen LogP contribution >= 0.6 is 46.4 Å². The van der Waals surface area contributed by atoms with Gasteiger partial charge in [0.2, 0.25) is 5.78 Å². The number of carbonyl (C=O) groups excluding carboxylic acids is 1. The van der Waals surface area contributed by atoms with E-state index in [2.05, 4.69) is 0 Å². The zero-order valence-corrected chi connectivity index (χ0v) is 18.7. The lowest BCUT2D eigenvalue weighted by atomic mass is 10.0. The molecule has 7 heteroatoms. The van der Waals surface area contributed by atoms with Gasteiger partial charge in [-0.25, -0.2) is 0 Å². The molecule has 0 saturated carbocycles. The molecule has 3 aromatic rings. The molecule has 0 saturated heterocycles. The van der Waals surface area contributed by atoms with Gasteiger partial charge in [0.15, 0.2) is 5.76 Å². The number of carbonyl (C=O) groups is 1. The van der Waals surface area contributed by atoms with E-state index in [9.17, 15) is 4.79 Å². The number of halogens is 4. The molecule has 152 valence electrons. The summed E-state index contributed by atoms with van der Waals surface area (Å²) in [7, 11) is 0. The van der Waals surface area contributed by atoms with Gasteiger partial charge < -0.3 is 9.47 Å². The summed E-state index contributed by atoms with van der Waals surface area (Å²) in [5.41, 5.74) is 2.64. The van der Waals surface area contributed by atoms with Gasteiger partial charge >= 0.3 is 0 Å². The first kappa shape index (κ1) is 21.1. The van der Waals surface area contributed by atoms with Crippen molar-refractivity contribution in [1.29, 1.82) is 0 Å². The van der Waals surface area contributed by atoms with Crippen LogP contribution in [0.15, 0.2) is 54.3 Å². The van der Waals surface area contributed by atoms with Crippen LogP contribution < -0.4 is 9.47 Å². The minimum absolute atomic E-state index is 0.157. The second-order valence-electron chi connectivity index (χ2n) is 6.73. The highest BCUT2D eigenvalue weighted by molar-refractivity contribution is 6.42. The fourth-order valence-electron chi connectivity index (χ4n) is 3.14. The molecule has 4 rings (SSSR count). The van der Waals surface area contributed by atoms with Crippen LogP contribution in [-0.4, -0.2) is 5.78 Å². The van der Waals surface area contributed by atoms with E-state index in [4.69, 9.17) is 55.9 Å². The Labute approximate surface area is 193 Å². The Bertz CT molecular complexity index is 1180. The molecule has 3 aromatic carbocycles. The molecule has 0 bridgehead atoms.